The van der Waals surface area contributed by atoms with Crippen LogP contribution in [0.3, 0.4) is 0 Å². The number of benzene rings is 1. The molecule has 1 aliphatic rings. The zero-order valence-electron chi connectivity index (χ0n) is 11.6. The minimum absolute atomic E-state index is 0.0930. The van der Waals surface area contributed by atoms with Gasteiger partial charge in [-0.3, -0.25) is 10.1 Å². The highest BCUT2D eigenvalue weighted by molar-refractivity contribution is 6.31. The molecule has 0 aromatic heterocycles. The molecule has 3 N–H and O–H groups in total. The molecule has 1 aromatic rings. The zero-order chi connectivity index (χ0) is 15.4. The van der Waals surface area contributed by atoms with Crippen LogP contribution >= 0.6 is 11.6 Å². The first-order valence-electron chi connectivity index (χ1n) is 7.13. The molecule has 1 aromatic carbocycles. The van der Waals surface area contributed by atoms with Gasteiger partial charge in [0.15, 0.2) is 0 Å². The standard InChI is InChI=1S/C14H19ClFN3O2/c15-10-6-14(19(20)21)12(7-11(10)16)18-13(8-17)9-4-2-1-3-5-9/h6-7,9,13,18H,1-5,8,17H2. The van der Waals surface area contributed by atoms with Gasteiger partial charge >= 0.3 is 0 Å². The summed E-state index contributed by atoms with van der Waals surface area (Å²) >= 11 is 5.62. The first-order valence-corrected chi connectivity index (χ1v) is 7.50. The lowest BCUT2D eigenvalue weighted by atomic mass is 9.84. The molecule has 1 fully saturated rings. The van der Waals surface area contributed by atoms with E-state index in [1.54, 1.807) is 0 Å². The molecule has 0 radical (unpaired) electrons. The maximum Gasteiger partial charge on any atom is 0.294 e. The Morgan fingerprint density at radius 2 is 2.10 bits per heavy atom. The molecule has 7 heteroatoms. The molecule has 0 aliphatic heterocycles. The Labute approximate surface area is 127 Å². The average molecular weight is 316 g/mol. The molecule has 2 rings (SSSR count). The Balaban J connectivity index is 2.23. The third kappa shape index (κ3) is 3.83. The smallest absolute Gasteiger partial charge is 0.294 e. The summed E-state index contributed by atoms with van der Waals surface area (Å²) in [6.45, 7) is 0.353. The average Bonchev–Trinajstić information content (AvgIpc) is 2.48. The summed E-state index contributed by atoms with van der Waals surface area (Å²) in [5.41, 5.74) is 5.71. The zero-order valence-corrected chi connectivity index (χ0v) is 12.4. The number of halogens is 2. The summed E-state index contributed by atoms with van der Waals surface area (Å²) in [6, 6.07) is 2.02. The molecule has 0 saturated heterocycles. The number of nitro groups is 1. The monoisotopic (exact) mass is 315 g/mol. The van der Waals surface area contributed by atoms with E-state index in [2.05, 4.69) is 5.32 Å². The minimum Gasteiger partial charge on any atom is -0.375 e. The molecule has 0 bridgehead atoms. The van der Waals surface area contributed by atoms with Crippen molar-refractivity contribution < 1.29 is 9.31 Å². The maximum atomic E-state index is 13.6. The van der Waals surface area contributed by atoms with Crippen molar-refractivity contribution in [3.05, 3.63) is 33.1 Å². The highest BCUT2D eigenvalue weighted by atomic mass is 35.5. The van der Waals surface area contributed by atoms with Crippen molar-refractivity contribution in [1.29, 1.82) is 0 Å². The number of nitrogens with one attached hydrogen (secondary N) is 1. The van der Waals surface area contributed by atoms with E-state index in [0.717, 1.165) is 37.8 Å². The van der Waals surface area contributed by atoms with Crippen LogP contribution in [0.4, 0.5) is 15.8 Å². The van der Waals surface area contributed by atoms with Gasteiger partial charge in [0.25, 0.3) is 5.69 Å². The van der Waals surface area contributed by atoms with Gasteiger partial charge in [-0.2, -0.15) is 0 Å². The first kappa shape index (κ1) is 16.0. The molecule has 21 heavy (non-hydrogen) atoms. The lowest BCUT2D eigenvalue weighted by Gasteiger charge is -2.30. The molecule has 0 spiro atoms. The minimum atomic E-state index is -0.677. The van der Waals surface area contributed by atoms with Crippen LogP contribution in [-0.4, -0.2) is 17.5 Å². The summed E-state index contributed by atoms with van der Waals surface area (Å²) in [5.74, 6) is -0.314. The van der Waals surface area contributed by atoms with Crippen LogP contribution in [0.2, 0.25) is 5.02 Å². The highest BCUT2D eigenvalue weighted by Gasteiger charge is 2.26. The summed E-state index contributed by atoms with van der Waals surface area (Å²) in [6.07, 6.45) is 5.57. The molecular weight excluding hydrogens is 297 g/mol. The summed E-state index contributed by atoms with van der Waals surface area (Å²) in [5, 5.41) is 13.9. The van der Waals surface area contributed by atoms with Crippen LogP contribution in [0.25, 0.3) is 0 Å². The predicted octanol–water partition coefficient (Wildman–Crippen LogP) is 3.71. The number of rotatable bonds is 5. The van der Waals surface area contributed by atoms with E-state index in [1.165, 1.54) is 6.42 Å². The Morgan fingerprint density at radius 3 is 2.67 bits per heavy atom. The van der Waals surface area contributed by atoms with Gasteiger partial charge in [-0.15, -0.1) is 0 Å². The number of hydrogen-bond acceptors (Lipinski definition) is 4. The van der Waals surface area contributed by atoms with E-state index >= 15 is 0 Å². The van der Waals surface area contributed by atoms with E-state index in [4.69, 9.17) is 17.3 Å². The number of nitrogens with two attached hydrogens (primary N) is 1. The van der Waals surface area contributed by atoms with Crippen LogP contribution in [-0.2, 0) is 0 Å². The lowest BCUT2D eigenvalue weighted by Crippen LogP contribution is -2.37. The fourth-order valence-electron chi connectivity index (χ4n) is 2.91. The SMILES string of the molecule is NCC(Nc1cc(F)c(Cl)cc1[N+](=O)[O-])C1CCCCC1. The van der Waals surface area contributed by atoms with Crippen LogP contribution in [0, 0.1) is 21.8 Å². The second kappa shape index (κ2) is 7.04. The van der Waals surface area contributed by atoms with Crippen molar-refractivity contribution >= 4 is 23.0 Å². The third-order valence-corrected chi connectivity index (χ3v) is 4.34. The van der Waals surface area contributed by atoms with Gasteiger partial charge in [0.1, 0.15) is 11.5 Å². The molecule has 1 atom stereocenters. The number of nitrogens with zero attached hydrogens (tertiary/aromatic N) is 1. The molecular formula is C14H19ClFN3O2. The molecule has 1 saturated carbocycles. The van der Waals surface area contributed by atoms with E-state index < -0.39 is 10.7 Å². The molecule has 0 heterocycles. The molecule has 116 valence electrons. The summed E-state index contributed by atoms with van der Waals surface area (Å²) in [7, 11) is 0. The quantitative estimate of drug-likeness (QED) is 0.641. The Kier molecular flexibility index (Phi) is 5.36. The van der Waals surface area contributed by atoms with E-state index in [0.29, 0.717) is 12.5 Å². The van der Waals surface area contributed by atoms with Gasteiger partial charge in [0.2, 0.25) is 0 Å². The van der Waals surface area contributed by atoms with Crippen molar-refractivity contribution in [2.75, 3.05) is 11.9 Å². The van der Waals surface area contributed by atoms with Crippen LogP contribution in [0.1, 0.15) is 32.1 Å². The highest BCUT2D eigenvalue weighted by Crippen LogP contribution is 2.33. The third-order valence-electron chi connectivity index (χ3n) is 4.05. The topological polar surface area (TPSA) is 81.2 Å². The molecule has 1 unspecified atom stereocenters. The number of nitro benzene ring substituents is 1. The number of anilines is 1. The summed E-state index contributed by atoms with van der Waals surface area (Å²) < 4.78 is 13.6. The van der Waals surface area contributed by atoms with Crippen molar-refractivity contribution in [3.8, 4) is 0 Å². The van der Waals surface area contributed by atoms with Crippen molar-refractivity contribution in [1.82, 2.24) is 0 Å². The van der Waals surface area contributed by atoms with Crippen LogP contribution in [0.5, 0.6) is 0 Å². The van der Waals surface area contributed by atoms with Crippen molar-refractivity contribution in [2.45, 2.75) is 38.1 Å². The fourth-order valence-corrected chi connectivity index (χ4v) is 3.07. The van der Waals surface area contributed by atoms with Gasteiger partial charge in [-0.05, 0) is 18.8 Å². The summed E-state index contributed by atoms with van der Waals surface area (Å²) in [4.78, 5) is 10.5. The Morgan fingerprint density at radius 1 is 1.43 bits per heavy atom. The molecule has 1 aliphatic carbocycles. The van der Waals surface area contributed by atoms with Gasteiger partial charge in [-0.1, -0.05) is 30.9 Å². The predicted molar refractivity (Wildman–Crippen MR) is 81.1 cm³/mol. The second-order valence-corrected chi connectivity index (χ2v) is 5.83. The van der Waals surface area contributed by atoms with Gasteiger partial charge in [-0.25, -0.2) is 4.39 Å². The largest absolute Gasteiger partial charge is 0.375 e. The second-order valence-electron chi connectivity index (χ2n) is 5.43. The van der Waals surface area contributed by atoms with Gasteiger partial charge in [0, 0.05) is 24.7 Å². The van der Waals surface area contributed by atoms with Crippen LogP contribution < -0.4 is 11.1 Å². The van der Waals surface area contributed by atoms with Gasteiger partial charge < -0.3 is 11.1 Å². The Bertz CT molecular complexity index is 521. The Hall–Kier alpha value is -1.40. The van der Waals surface area contributed by atoms with E-state index in [-0.39, 0.29) is 22.4 Å². The van der Waals surface area contributed by atoms with E-state index in [9.17, 15) is 14.5 Å². The fraction of sp³-hybridized carbons (Fsp3) is 0.571. The number of hydrogen-bond donors (Lipinski definition) is 2. The molecule has 5 nitrogen and oxygen atoms in total. The van der Waals surface area contributed by atoms with Gasteiger partial charge in [0.05, 0.1) is 9.95 Å². The van der Waals surface area contributed by atoms with E-state index in [1.807, 2.05) is 0 Å². The molecule has 0 amide bonds. The normalized spacial score (nSPS) is 17.5. The maximum absolute atomic E-state index is 13.6. The lowest BCUT2D eigenvalue weighted by molar-refractivity contribution is -0.384. The van der Waals surface area contributed by atoms with Crippen molar-refractivity contribution in [2.24, 2.45) is 11.7 Å². The van der Waals surface area contributed by atoms with Crippen LogP contribution in [0.15, 0.2) is 12.1 Å². The first-order chi connectivity index (χ1) is 10.0. The van der Waals surface area contributed by atoms with Crippen molar-refractivity contribution in [3.63, 3.8) is 0 Å².